The molecule has 0 aliphatic carbocycles. The molecule has 6 heteroatoms. The van der Waals surface area contributed by atoms with Gasteiger partial charge in [0.2, 0.25) is 0 Å². The van der Waals surface area contributed by atoms with E-state index in [1.54, 1.807) is 23.5 Å². The minimum atomic E-state index is -0.989. The first-order chi connectivity index (χ1) is 9.77. The lowest BCUT2D eigenvalue weighted by Crippen LogP contribution is -2.11. The number of carboxylic acid groups (broad SMARTS) is 1. The zero-order chi connectivity index (χ0) is 15.6. The van der Waals surface area contributed by atoms with E-state index in [0.717, 1.165) is 10.7 Å². The Bertz CT molecular complexity index is 661. The number of halogens is 1. The maximum Gasteiger partial charge on any atom is 0.336 e. The summed E-state index contributed by atoms with van der Waals surface area (Å²) in [5, 5.41) is 12.0. The van der Waals surface area contributed by atoms with Gasteiger partial charge in [-0.2, -0.15) is 0 Å². The second-order valence-corrected chi connectivity index (χ2v) is 7.41. The summed E-state index contributed by atoms with van der Waals surface area (Å²) >= 11 is 4.75. The fourth-order valence-electron chi connectivity index (χ4n) is 1.62. The van der Waals surface area contributed by atoms with Crippen molar-refractivity contribution in [1.82, 2.24) is 4.98 Å². The molecule has 0 fully saturated rings. The quantitative estimate of drug-likeness (QED) is 0.862. The van der Waals surface area contributed by atoms with Crippen molar-refractivity contribution < 1.29 is 14.6 Å². The molecule has 0 radical (unpaired) electrons. The summed E-state index contributed by atoms with van der Waals surface area (Å²) in [5.74, 6) is -0.472. The van der Waals surface area contributed by atoms with Gasteiger partial charge in [0, 0.05) is 15.3 Å². The van der Waals surface area contributed by atoms with Crippen LogP contribution in [0.15, 0.2) is 28.1 Å². The molecule has 1 aromatic carbocycles. The average Bonchev–Trinajstić information content (AvgIpc) is 2.86. The molecule has 1 heterocycles. The number of carbonyl (C=O) groups is 1. The van der Waals surface area contributed by atoms with Gasteiger partial charge in [0.25, 0.3) is 0 Å². The molecular weight excluding hydrogens is 354 g/mol. The fraction of sp³-hybridized carbons (Fsp3) is 0.333. The van der Waals surface area contributed by atoms with Crippen LogP contribution >= 0.6 is 27.3 Å². The third-order valence-corrected chi connectivity index (χ3v) is 4.36. The van der Waals surface area contributed by atoms with E-state index in [4.69, 9.17) is 9.84 Å². The number of rotatable bonds is 4. The Morgan fingerprint density at radius 1 is 1.43 bits per heavy atom. The van der Waals surface area contributed by atoms with Gasteiger partial charge < -0.3 is 9.84 Å². The summed E-state index contributed by atoms with van der Waals surface area (Å²) < 4.78 is 6.16. The molecule has 0 aliphatic heterocycles. The summed E-state index contributed by atoms with van der Waals surface area (Å²) in [4.78, 5) is 15.6. The predicted octanol–water partition coefficient (Wildman–Crippen LogP) is 4.48. The minimum absolute atomic E-state index is 0.0167. The van der Waals surface area contributed by atoms with Crippen molar-refractivity contribution in [1.29, 1.82) is 0 Å². The van der Waals surface area contributed by atoms with Gasteiger partial charge in [-0.3, -0.25) is 0 Å². The summed E-state index contributed by atoms with van der Waals surface area (Å²) in [6.07, 6.45) is 0. The fourth-order valence-corrected chi connectivity index (χ4v) is 2.97. The van der Waals surface area contributed by atoms with E-state index in [0.29, 0.717) is 16.8 Å². The van der Waals surface area contributed by atoms with E-state index >= 15 is 0 Å². The molecule has 4 nitrogen and oxygen atoms in total. The van der Waals surface area contributed by atoms with Gasteiger partial charge in [-0.1, -0.05) is 20.8 Å². The van der Waals surface area contributed by atoms with Crippen LogP contribution in [0, 0.1) is 0 Å². The van der Waals surface area contributed by atoms with E-state index in [2.05, 4.69) is 41.7 Å². The Morgan fingerprint density at radius 2 is 2.14 bits per heavy atom. The molecule has 112 valence electrons. The average molecular weight is 370 g/mol. The van der Waals surface area contributed by atoms with Gasteiger partial charge >= 0.3 is 5.97 Å². The number of thiazole rings is 1. The monoisotopic (exact) mass is 369 g/mol. The van der Waals surface area contributed by atoms with Crippen molar-refractivity contribution in [2.75, 3.05) is 0 Å². The zero-order valence-corrected chi connectivity index (χ0v) is 14.4. The van der Waals surface area contributed by atoms with Crippen molar-refractivity contribution in [3.05, 3.63) is 44.3 Å². The third kappa shape index (κ3) is 4.04. The highest BCUT2D eigenvalue weighted by Gasteiger charge is 2.17. The predicted molar refractivity (Wildman–Crippen MR) is 86.2 cm³/mol. The van der Waals surface area contributed by atoms with Gasteiger partial charge in [-0.05, 0) is 34.1 Å². The van der Waals surface area contributed by atoms with E-state index in [9.17, 15) is 4.79 Å². The molecular formula is C15H16BrNO3S. The van der Waals surface area contributed by atoms with Gasteiger partial charge in [0.15, 0.2) is 0 Å². The van der Waals surface area contributed by atoms with Crippen LogP contribution in [0.5, 0.6) is 5.75 Å². The molecule has 0 amide bonds. The zero-order valence-electron chi connectivity index (χ0n) is 12.0. The normalized spacial score (nSPS) is 11.4. The van der Waals surface area contributed by atoms with Crippen LogP contribution in [-0.4, -0.2) is 16.1 Å². The van der Waals surface area contributed by atoms with Crippen molar-refractivity contribution in [3.8, 4) is 5.75 Å². The molecule has 0 unspecified atom stereocenters. The summed E-state index contributed by atoms with van der Waals surface area (Å²) in [6, 6.07) is 4.90. The second kappa shape index (κ2) is 6.15. The smallest absolute Gasteiger partial charge is 0.336 e. The number of hydrogen-bond acceptors (Lipinski definition) is 4. The number of nitrogens with zero attached hydrogens (tertiary/aromatic N) is 1. The molecule has 2 rings (SSSR count). The van der Waals surface area contributed by atoms with Crippen LogP contribution in [0.1, 0.15) is 41.8 Å². The molecule has 0 saturated carbocycles. The standard InChI is InChI=1S/C15H16BrNO3S/c1-15(2,3)12-8-21-13(17-12)7-20-9-4-5-11(16)10(6-9)14(18)19/h4-6,8H,7H2,1-3H3,(H,18,19). The molecule has 21 heavy (non-hydrogen) atoms. The van der Waals surface area contributed by atoms with Gasteiger partial charge in [0.05, 0.1) is 11.3 Å². The van der Waals surface area contributed by atoms with E-state index < -0.39 is 5.97 Å². The molecule has 2 aromatic rings. The number of benzene rings is 1. The largest absolute Gasteiger partial charge is 0.486 e. The van der Waals surface area contributed by atoms with E-state index in [1.165, 1.54) is 6.07 Å². The highest BCUT2D eigenvalue weighted by Crippen LogP contribution is 2.26. The summed E-state index contributed by atoms with van der Waals surface area (Å²) in [7, 11) is 0. The topological polar surface area (TPSA) is 59.4 Å². The maximum atomic E-state index is 11.1. The number of ether oxygens (including phenoxy) is 1. The first kappa shape index (κ1) is 16.0. The lowest BCUT2D eigenvalue weighted by atomic mass is 9.93. The molecule has 0 aliphatic rings. The van der Waals surface area contributed by atoms with Crippen LogP contribution in [-0.2, 0) is 12.0 Å². The Kier molecular flexibility index (Phi) is 4.68. The van der Waals surface area contributed by atoms with Crippen molar-refractivity contribution >= 4 is 33.2 Å². The summed E-state index contributed by atoms with van der Waals surface area (Å²) in [5.41, 5.74) is 1.23. The second-order valence-electron chi connectivity index (χ2n) is 5.61. The van der Waals surface area contributed by atoms with Crippen molar-refractivity contribution in [2.24, 2.45) is 0 Å². The molecule has 1 N–H and O–H groups in total. The van der Waals surface area contributed by atoms with Gasteiger partial charge in [0.1, 0.15) is 17.4 Å². The third-order valence-electron chi connectivity index (χ3n) is 2.85. The van der Waals surface area contributed by atoms with Gasteiger partial charge in [-0.25, -0.2) is 9.78 Å². The van der Waals surface area contributed by atoms with Crippen molar-refractivity contribution in [2.45, 2.75) is 32.8 Å². The lowest BCUT2D eigenvalue weighted by molar-refractivity contribution is 0.0695. The van der Waals surface area contributed by atoms with Crippen molar-refractivity contribution in [3.63, 3.8) is 0 Å². The molecule has 1 aromatic heterocycles. The van der Waals surface area contributed by atoms with Crippen LogP contribution in [0.3, 0.4) is 0 Å². The highest BCUT2D eigenvalue weighted by atomic mass is 79.9. The first-order valence-electron chi connectivity index (χ1n) is 6.38. The number of hydrogen-bond donors (Lipinski definition) is 1. The Balaban J connectivity index is 2.08. The van der Waals surface area contributed by atoms with E-state index in [1.807, 2.05) is 5.38 Å². The van der Waals surface area contributed by atoms with Gasteiger partial charge in [-0.15, -0.1) is 11.3 Å². The van der Waals surface area contributed by atoms with Crippen LogP contribution in [0.25, 0.3) is 0 Å². The Morgan fingerprint density at radius 3 is 2.71 bits per heavy atom. The van der Waals surface area contributed by atoms with E-state index in [-0.39, 0.29) is 11.0 Å². The minimum Gasteiger partial charge on any atom is -0.486 e. The SMILES string of the molecule is CC(C)(C)c1csc(COc2ccc(Br)c(C(=O)O)c2)n1. The lowest BCUT2D eigenvalue weighted by Gasteiger charge is -2.14. The molecule has 0 spiro atoms. The number of aromatic nitrogens is 1. The van der Waals surface area contributed by atoms with Crippen LogP contribution in [0.2, 0.25) is 0 Å². The Hall–Kier alpha value is -1.40. The maximum absolute atomic E-state index is 11.1. The highest BCUT2D eigenvalue weighted by molar-refractivity contribution is 9.10. The number of aromatic carboxylic acids is 1. The molecule has 0 bridgehead atoms. The molecule has 0 atom stereocenters. The van der Waals surface area contributed by atoms with Crippen LogP contribution in [0.4, 0.5) is 0 Å². The van der Waals surface area contributed by atoms with Crippen LogP contribution < -0.4 is 4.74 Å². The first-order valence-corrected chi connectivity index (χ1v) is 8.05. The summed E-state index contributed by atoms with van der Waals surface area (Å²) in [6.45, 7) is 6.67. The molecule has 0 saturated heterocycles. The Labute approximate surface area is 135 Å². The number of carboxylic acids is 1.